The van der Waals surface area contributed by atoms with E-state index in [0.717, 1.165) is 17.9 Å². The zero-order valence-electron chi connectivity index (χ0n) is 12.0. The van der Waals surface area contributed by atoms with E-state index in [1.807, 2.05) is 61.5 Å². The van der Waals surface area contributed by atoms with Crippen LogP contribution in [0.1, 0.15) is 11.1 Å². The number of rotatable bonds is 4. The molecule has 2 heteroatoms. The minimum absolute atomic E-state index is 0.590. The van der Waals surface area contributed by atoms with Gasteiger partial charge in [0.25, 0.3) is 0 Å². The summed E-state index contributed by atoms with van der Waals surface area (Å²) in [5.41, 5.74) is 2.18. The summed E-state index contributed by atoms with van der Waals surface area (Å²) in [6.45, 7) is 1.36. The van der Waals surface area contributed by atoms with Crippen LogP contribution >= 0.6 is 0 Å². The Hall–Kier alpha value is -2.24. The standard InChI is InChI=1S/C18H19NO/c1-19(2)14-6-9-16-10-12-18(13-11-16)20-15-17-7-4-3-5-8-17/h3-5,7-8,10-13H,14-15H2,1-2H3. The van der Waals surface area contributed by atoms with Gasteiger partial charge in [-0.15, -0.1) is 0 Å². The van der Waals surface area contributed by atoms with Gasteiger partial charge in [0, 0.05) is 5.56 Å². The largest absolute Gasteiger partial charge is 0.489 e. The first kappa shape index (κ1) is 14.2. The highest BCUT2D eigenvalue weighted by atomic mass is 16.5. The SMILES string of the molecule is CN(C)CC#Cc1ccc(OCc2ccccc2)cc1. The topological polar surface area (TPSA) is 12.5 Å². The molecule has 0 unspecified atom stereocenters. The molecule has 0 spiro atoms. The van der Waals surface area contributed by atoms with E-state index in [2.05, 4.69) is 24.0 Å². The summed E-state index contributed by atoms with van der Waals surface area (Å²) in [7, 11) is 4.02. The van der Waals surface area contributed by atoms with E-state index in [4.69, 9.17) is 4.74 Å². The van der Waals surface area contributed by atoms with Crippen molar-refractivity contribution in [3.8, 4) is 17.6 Å². The fourth-order valence-electron chi connectivity index (χ4n) is 1.68. The van der Waals surface area contributed by atoms with E-state index in [0.29, 0.717) is 6.61 Å². The van der Waals surface area contributed by atoms with Gasteiger partial charge in [0.05, 0.1) is 6.54 Å². The van der Waals surface area contributed by atoms with Crippen molar-refractivity contribution in [2.75, 3.05) is 20.6 Å². The molecule has 0 amide bonds. The molecule has 2 aromatic rings. The molecule has 0 bridgehead atoms. The number of hydrogen-bond acceptors (Lipinski definition) is 2. The lowest BCUT2D eigenvalue weighted by molar-refractivity contribution is 0.306. The van der Waals surface area contributed by atoms with E-state index in [1.54, 1.807) is 0 Å². The molecule has 20 heavy (non-hydrogen) atoms. The Bertz CT molecular complexity index is 576. The van der Waals surface area contributed by atoms with Crippen LogP contribution in [0.3, 0.4) is 0 Å². The minimum atomic E-state index is 0.590. The zero-order valence-corrected chi connectivity index (χ0v) is 12.0. The lowest BCUT2D eigenvalue weighted by atomic mass is 10.2. The van der Waals surface area contributed by atoms with Crippen LogP contribution in [0.2, 0.25) is 0 Å². The number of benzene rings is 2. The monoisotopic (exact) mass is 265 g/mol. The summed E-state index contributed by atoms with van der Waals surface area (Å²) in [4.78, 5) is 2.05. The van der Waals surface area contributed by atoms with Gasteiger partial charge in [-0.3, -0.25) is 4.90 Å². The molecule has 0 saturated carbocycles. The van der Waals surface area contributed by atoms with Gasteiger partial charge in [0.1, 0.15) is 12.4 Å². The fraction of sp³-hybridized carbons (Fsp3) is 0.222. The predicted molar refractivity (Wildman–Crippen MR) is 82.6 cm³/mol. The van der Waals surface area contributed by atoms with Crippen molar-refractivity contribution in [1.82, 2.24) is 4.90 Å². The molecule has 0 aliphatic carbocycles. The van der Waals surface area contributed by atoms with Gasteiger partial charge in [-0.2, -0.15) is 0 Å². The molecule has 2 aromatic carbocycles. The summed E-state index contributed by atoms with van der Waals surface area (Å²) in [6.07, 6.45) is 0. The molecule has 0 fully saturated rings. The van der Waals surface area contributed by atoms with Crippen LogP contribution in [0.25, 0.3) is 0 Å². The molecule has 0 radical (unpaired) electrons. The van der Waals surface area contributed by atoms with Crippen LogP contribution < -0.4 is 4.74 Å². The Kier molecular flexibility index (Phi) is 5.23. The molecule has 0 heterocycles. The number of ether oxygens (including phenoxy) is 1. The fourth-order valence-corrected chi connectivity index (χ4v) is 1.68. The summed E-state index contributed by atoms with van der Waals surface area (Å²) in [5, 5.41) is 0. The average Bonchev–Trinajstić information content (AvgIpc) is 2.47. The molecular formula is C18H19NO. The maximum atomic E-state index is 5.73. The van der Waals surface area contributed by atoms with E-state index in [1.165, 1.54) is 5.56 Å². The van der Waals surface area contributed by atoms with E-state index in [-0.39, 0.29) is 0 Å². The van der Waals surface area contributed by atoms with Gasteiger partial charge in [-0.05, 0) is 43.9 Å². The van der Waals surface area contributed by atoms with Gasteiger partial charge in [-0.1, -0.05) is 42.2 Å². The van der Waals surface area contributed by atoms with Crippen LogP contribution in [0, 0.1) is 11.8 Å². The number of hydrogen-bond donors (Lipinski definition) is 0. The molecule has 0 aliphatic rings. The summed E-state index contributed by atoms with van der Waals surface area (Å²) >= 11 is 0. The highest BCUT2D eigenvalue weighted by molar-refractivity contribution is 5.38. The second kappa shape index (κ2) is 7.37. The Morgan fingerprint density at radius 2 is 1.65 bits per heavy atom. The van der Waals surface area contributed by atoms with Crippen molar-refractivity contribution in [3.05, 3.63) is 65.7 Å². The molecule has 102 valence electrons. The van der Waals surface area contributed by atoms with Crippen LogP contribution in [-0.2, 0) is 6.61 Å². The van der Waals surface area contributed by atoms with Crippen LogP contribution in [0.5, 0.6) is 5.75 Å². The summed E-state index contributed by atoms with van der Waals surface area (Å²) in [6, 6.07) is 18.0. The highest BCUT2D eigenvalue weighted by Crippen LogP contribution is 2.13. The molecule has 2 rings (SSSR count). The third-order valence-electron chi connectivity index (χ3n) is 2.73. The minimum Gasteiger partial charge on any atom is -0.489 e. The molecule has 0 N–H and O–H groups in total. The molecule has 0 atom stereocenters. The van der Waals surface area contributed by atoms with E-state index >= 15 is 0 Å². The first-order chi connectivity index (χ1) is 9.74. The smallest absolute Gasteiger partial charge is 0.119 e. The normalized spacial score (nSPS) is 9.95. The summed E-state index contributed by atoms with van der Waals surface area (Å²) in [5.74, 6) is 7.11. The van der Waals surface area contributed by atoms with Gasteiger partial charge in [0.2, 0.25) is 0 Å². The predicted octanol–water partition coefficient (Wildman–Crippen LogP) is 3.18. The molecule has 0 aliphatic heterocycles. The zero-order chi connectivity index (χ0) is 14.2. The second-order valence-electron chi connectivity index (χ2n) is 4.84. The van der Waals surface area contributed by atoms with Gasteiger partial charge in [-0.25, -0.2) is 0 Å². The molecular weight excluding hydrogens is 246 g/mol. The van der Waals surface area contributed by atoms with Gasteiger partial charge >= 0.3 is 0 Å². The third kappa shape index (κ3) is 4.79. The van der Waals surface area contributed by atoms with Crippen molar-refractivity contribution in [2.24, 2.45) is 0 Å². The highest BCUT2D eigenvalue weighted by Gasteiger charge is 1.95. The Morgan fingerprint density at radius 1 is 0.950 bits per heavy atom. The lowest BCUT2D eigenvalue weighted by Crippen LogP contribution is -2.10. The van der Waals surface area contributed by atoms with Crippen molar-refractivity contribution in [2.45, 2.75) is 6.61 Å². The summed E-state index contributed by atoms with van der Waals surface area (Å²) < 4.78 is 5.73. The van der Waals surface area contributed by atoms with E-state index < -0.39 is 0 Å². The maximum Gasteiger partial charge on any atom is 0.119 e. The molecule has 2 nitrogen and oxygen atoms in total. The molecule has 0 saturated heterocycles. The Morgan fingerprint density at radius 3 is 2.30 bits per heavy atom. The second-order valence-corrected chi connectivity index (χ2v) is 4.84. The van der Waals surface area contributed by atoms with Crippen LogP contribution in [0.15, 0.2) is 54.6 Å². The van der Waals surface area contributed by atoms with Crippen molar-refractivity contribution >= 4 is 0 Å². The third-order valence-corrected chi connectivity index (χ3v) is 2.73. The first-order valence-electron chi connectivity index (χ1n) is 6.64. The Labute approximate surface area is 121 Å². The van der Waals surface area contributed by atoms with E-state index in [9.17, 15) is 0 Å². The average molecular weight is 265 g/mol. The first-order valence-corrected chi connectivity index (χ1v) is 6.64. The van der Waals surface area contributed by atoms with Crippen molar-refractivity contribution < 1.29 is 4.74 Å². The maximum absolute atomic E-state index is 5.73. The molecule has 0 aromatic heterocycles. The van der Waals surface area contributed by atoms with Crippen LogP contribution in [-0.4, -0.2) is 25.5 Å². The van der Waals surface area contributed by atoms with Crippen molar-refractivity contribution in [3.63, 3.8) is 0 Å². The lowest BCUT2D eigenvalue weighted by Gasteiger charge is -2.06. The number of nitrogens with zero attached hydrogens (tertiary/aromatic N) is 1. The van der Waals surface area contributed by atoms with Gasteiger partial charge in [0.15, 0.2) is 0 Å². The van der Waals surface area contributed by atoms with Gasteiger partial charge < -0.3 is 4.74 Å². The van der Waals surface area contributed by atoms with Crippen molar-refractivity contribution in [1.29, 1.82) is 0 Å². The quantitative estimate of drug-likeness (QED) is 0.787. The Balaban J connectivity index is 1.89. The van der Waals surface area contributed by atoms with Crippen LogP contribution in [0.4, 0.5) is 0 Å².